The number of rotatable bonds is 3. The standard InChI is InChI=1S/C13H17FN2/c1-13(2,9-15)12(16(3)4)10-6-5-7-11(14)8-10/h5-8,12H,1-4H3. The number of nitrogens with zero attached hydrogens (tertiary/aromatic N) is 2. The Hall–Kier alpha value is -1.40. The predicted octanol–water partition coefficient (Wildman–Crippen LogP) is 2.98. The molecule has 2 nitrogen and oxygen atoms in total. The predicted molar refractivity (Wildman–Crippen MR) is 62.2 cm³/mol. The van der Waals surface area contributed by atoms with Crippen LogP contribution in [0.1, 0.15) is 25.5 Å². The van der Waals surface area contributed by atoms with Crippen LogP contribution in [0.2, 0.25) is 0 Å². The molecule has 1 aromatic carbocycles. The molecular formula is C13H17FN2. The molecule has 1 aromatic rings. The second-order valence-corrected chi connectivity index (χ2v) is 4.75. The third-order valence-electron chi connectivity index (χ3n) is 2.65. The number of hydrogen-bond donors (Lipinski definition) is 0. The Kier molecular flexibility index (Phi) is 3.66. The lowest BCUT2D eigenvalue weighted by molar-refractivity contribution is 0.185. The zero-order valence-electron chi connectivity index (χ0n) is 10.2. The van der Waals surface area contributed by atoms with Gasteiger partial charge >= 0.3 is 0 Å². The van der Waals surface area contributed by atoms with Crippen LogP contribution in [0.3, 0.4) is 0 Å². The average molecular weight is 220 g/mol. The lowest BCUT2D eigenvalue weighted by Crippen LogP contribution is -2.32. The van der Waals surface area contributed by atoms with Crippen LogP contribution < -0.4 is 0 Å². The highest BCUT2D eigenvalue weighted by molar-refractivity contribution is 5.24. The van der Waals surface area contributed by atoms with Crippen LogP contribution in [0.4, 0.5) is 4.39 Å². The van der Waals surface area contributed by atoms with Gasteiger partial charge in [0.05, 0.1) is 17.5 Å². The van der Waals surface area contributed by atoms with Gasteiger partial charge in [0, 0.05) is 0 Å². The van der Waals surface area contributed by atoms with Gasteiger partial charge in [-0.1, -0.05) is 12.1 Å². The normalized spacial score (nSPS) is 13.6. The van der Waals surface area contributed by atoms with Gasteiger partial charge in [-0.05, 0) is 45.6 Å². The first kappa shape index (κ1) is 12.7. The molecule has 0 spiro atoms. The van der Waals surface area contributed by atoms with Gasteiger partial charge in [-0.3, -0.25) is 0 Å². The van der Waals surface area contributed by atoms with E-state index in [2.05, 4.69) is 6.07 Å². The van der Waals surface area contributed by atoms with Crippen LogP contribution in [0.5, 0.6) is 0 Å². The third-order valence-corrected chi connectivity index (χ3v) is 2.65. The van der Waals surface area contributed by atoms with E-state index in [0.29, 0.717) is 0 Å². The van der Waals surface area contributed by atoms with Gasteiger partial charge in [-0.25, -0.2) is 4.39 Å². The molecule has 16 heavy (non-hydrogen) atoms. The quantitative estimate of drug-likeness (QED) is 0.783. The molecule has 1 atom stereocenters. The molecular weight excluding hydrogens is 203 g/mol. The Labute approximate surface area is 96.3 Å². The van der Waals surface area contributed by atoms with E-state index in [4.69, 9.17) is 0 Å². The Balaban J connectivity index is 3.19. The smallest absolute Gasteiger partial charge is 0.123 e. The van der Waals surface area contributed by atoms with Crippen molar-refractivity contribution in [3.05, 3.63) is 35.6 Å². The maximum atomic E-state index is 13.2. The minimum absolute atomic E-state index is 0.117. The minimum atomic E-state index is -0.558. The monoisotopic (exact) mass is 220 g/mol. The van der Waals surface area contributed by atoms with Crippen molar-refractivity contribution < 1.29 is 4.39 Å². The summed E-state index contributed by atoms with van der Waals surface area (Å²) in [6, 6.07) is 8.59. The van der Waals surface area contributed by atoms with Gasteiger partial charge < -0.3 is 4.90 Å². The van der Waals surface area contributed by atoms with Crippen molar-refractivity contribution in [2.45, 2.75) is 19.9 Å². The first-order valence-electron chi connectivity index (χ1n) is 5.21. The molecule has 0 aliphatic heterocycles. The van der Waals surface area contributed by atoms with Crippen LogP contribution in [0.25, 0.3) is 0 Å². The Morgan fingerprint density at radius 2 is 2.00 bits per heavy atom. The van der Waals surface area contributed by atoms with E-state index in [-0.39, 0.29) is 11.9 Å². The van der Waals surface area contributed by atoms with Crippen LogP contribution in [-0.4, -0.2) is 19.0 Å². The molecule has 0 N–H and O–H groups in total. The van der Waals surface area contributed by atoms with E-state index in [1.54, 1.807) is 6.07 Å². The summed E-state index contributed by atoms with van der Waals surface area (Å²) in [5.41, 5.74) is 0.272. The summed E-state index contributed by atoms with van der Waals surface area (Å²) in [5, 5.41) is 9.17. The number of nitriles is 1. The summed E-state index contributed by atoms with van der Waals surface area (Å²) in [4.78, 5) is 1.94. The van der Waals surface area contributed by atoms with Crippen molar-refractivity contribution in [1.82, 2.24) is 4.90 Å². The molecule has 0 saturated carbocycles. The van der Waals surface area contributed by atoms with Crippen LogP contribution in [0.15, 0.2) is 24.3 Å². The summed E-state index contributed by atoms with van der Waals surface area (Å²) in [6.45, 7) is 3.73. The number of hydrogen-bond acceptors (Lipinski definition) is 2. The fourth-order valence-corrected chi connectivity index (χ4v) is 2.10. The number of halogens is 1. The zero-order chi connectivity index (χ0) is 12.3. The largest absolute Gasteiger partial charge is 0.301 e. The van der Waals surface area contributed by atoms with E-state index < -0.39 is 5.41 Å². The van der Waals surface area contributed by atoms with Gasteiger partial charge in [-0.15, -0.1) is 0 Å². The fraction of sp³-hybridized carbons (Fsp3) is 0.462. The van der Waals surface area contributed by atoms with Crippen LogP contribution in [0, 0.1) is 22.6 Å². The molecule has 0 saturated heterocycles. The lowest BCUT2D eigenvalue weighted by atomic mass is 9.81. The van der Waals surface area contributed by atoms with Crippen LogP contribution in [-0.2, 0) is 0 Å². The molecule has 0 aliphatic rings. The van der Waals surface area contributed by atoms with Crippen molar-refractivity contribution >= 4 is 0 Å². The Bertz CT molecular complexity index is 405. The molecule has 0 amide bonds. The van der Waals surface area contributed by atoms with Gasteiger partial charge in [-0.2, -0.15) is 5.26 Å². The second-order valence-electron chi connectivity index (χ2n) is 4.75. The molecule has 3 heteroatoms. The van der Waals surface area contributed by atoms with Crippen LogP contribution >= 0.6 is 0 Å². The van der Waals surface area contributed by atoms with Gasteiger partial charge in [0.2, 0.25) is 0 Å². The molecule has 0 aliphatic carbocycles. The third kappa shape index (κ3) is 2.59. The van der Waals surface area contributed by atoms with E-state index in [1.807, 2.05) is 38.9 Å². The highest BCUT2D eigenvalue weighted by atomic mass is 19.1. The van der Waals surface area contributed by atoms with Crippen molar-refractivity contribution in [3.8, 4) is 6.07 Å². The highest BCUT2D eigenvalue weighted by Crippen LogP contribution is 2.36. The summed E-state index contributed by atoms with van der Waals surface area (Å²) in [6.07, 6.45) is 0. The summed E-state index contributed by atoms with van der Waals surface area (Å²) in [5.74, 6) is -0.266. The van der Waals surface area contributed by atoms with E-state index >= 15 is 0 Å². The molecule has 0 bridgehead atoms. The second kappa shape index (κ2) is 4.63. The van der Waals surface area contributed by atoms with E-state index in [9.17, 15) is 9.65 Å². The highest BCUT2D eigenvalue weighted by Gasteiger charge is 2.32. The van der Waals surface area contributed by atoms with E-state index in [0.717, 1.165) is 5.56 Å². The maximum absolute atomic E-state index is 13.2. The number of benzene rings is 1. The first-order valence-corrected chi connectivity index (χ1v) is 5.21. The molecule has 0 radical (unpaired) electrons. The van der Waals surface area contributed by atoms with Gasteiger partial charge in [0.1, 0.15) is 5.82 Å². The molecule has 0 fully saturated rings. The summed E-state index contributed by atoms with van der Waals surface area (Å²) < 4.78 is 13.2. The van der Waals surface area contributed by atoms with Crippen molar-refractivity contribution in [3.63, 3.8) is 0 Å². The Morgan fingerprint density at radius 1 is 1.38 bits per heavy atom. The molecule has 86 valence electrons. The SMILES string of the molecule is CN(C)C(c1cccc(F)c1)C(C)(C)C#N. The van der Waals surface area contributed by atoms with Gasteiger partial charge in [0.15, 0.2) is 0 Å². The molecule has 1 unspecified atom stereocenters. The lowest BCUT2D eigenvalue weighted by Gasteiger charge is -2.34. The molecule has 1 rings (SSSR count). The maximum Gasteiger partial charge on any atom is 0.123 e. The average Bonchev–Trinajstić information content (AvgIpc) is 2.17. The van der Waals surface area contributed by atoms with E-state index in [1.165, 1.54) is 12.1 Å². The first-order chi connectivity index (χ1) is 7.38. The summed E-state index contributed by atoms with van der Waals surface area (Å²) in [7, 11) is 3.79. The summed E-state index contributed by atoms with van der Waals surface area (Å²) >= 11 is 0. The zero-order valence-corrected chi connectivity index (χ0v) is 10.2. The molecule has 0 heterocycles. The Morgan fingerprint density at radius 3 is 2.44 bits per heavy atom. The topological polar surface area (TPSA) is 27.0 Å². The minimum Gasteiger partial charge on any atom is -0.301 e. The van der Waals surface area contributed by atoms with Crippen molar-refractivity contribution in [1.29, 1.82) is 5.26 Å². The van der Waals surface area contributed by atoms with Crippen molar-refractivity contribution in [2.75, 3.05) is 14.1 Å². The van der Waals surface area contributed by atoms with Crippen molar-refractivity contribution in [2.24, 2.45) is 5.41 Å². The molecule has 0 aromatic heterocycles. The fourth-order valence-electron chi connectivity index (χ4n) is 2.10. The van der Waals surface area contributed by atoms with Gasteiger partial charge in [0.25, 0.3) is 0 Å².